The van der Waals surface area contributed by atoms with Gasteiger partial charge in [-0.05, 0) is 56.4 Å². The van der Waals surface area contributed by atoms with Gasteiger partial charge in [0.05, 0.1) is 6.26 Å². The predicted octanol–water partition coefficient (Wildman–Crippen LogP) is 1.68. The van der Waals surface area contributed by atoms with Crippen LogP contribution in [0.15, 0.2) is 0 Å². The van der Waals surface area contributed by atoms with Gasteiger partial charge in [-0.2, -0.15) is 0 Å². The normalized spacial score (nSPS) is 29.1. The van der Waals surface area contributed by atoms with Crippen molar-refractivity contribution in [3.05, 3.63) is 0 Å². The fraction of sp³-hybridized carbons (Fsp3) is 1.00. The van der Waals surface area contributed by atoms with E-state index in [0.29, 0.717) is 17.9 Å². The zero-order valence-electron chi connectivity index (χ0n) is 12.5. The summed E-state index contributed by atoms with van der Waals surface area (Å²) in [4.78, 5) is 0. The maximum atomic E-state index is 11.7. The first-order valence-corrected chi connectivity index (χ1v) is 9.30. The molecule has 2 rings (SSSR count). The first-order valence-electron chi connectivity index (χ1n) is 7.45. The molecule has 0 radical (unpaired) electrons. The molecule has 1 saturated carbocycles. The Morgan fingerprint density at radius 1 is 1.32 bits per heavy atom. The largest absolute Gasteiger partial charge is 0.319 e. The smallest absolute Gasteiger partial charge is 0.211 e. The Labute approximate surface area is 118 Å². The molecule has 0 amide bonds. The fourth-order valence-corrected chi connectivity index (χ4v) is 4.66. The van der Waals surface area contributed by atoms with Crippen LogP contribution in [0, 0.1) is 17.3 Å². The van der Waals surface area contributed by atoms with Gasteiger partial charge in [-0.3, -0.25) is 0 Å². The van der Waals surface area contributed by atoms with Gasteiger partial charge in [0.2, 0.25) is 10.0 Å². The van der Waals surface area contributed by atoms with Gasteiger partial charge in [0.25, 0.3) is 0 Å². The van der Waals surface area contributed by atoms with Crippen molar-refractivity contribution in [2.75, 3.05) is 32.9 Å². The number of rotatable bonds is 6. The highest BCUT2D eigenvalue weighted by Crippen LogP contribution is 2.49. The number of hydrogen-bond acceptors (Lipinski definition) is 3. The summed E-state index contributed by atoms with van der Waals surface area (Å²) in [6, 6.07) is 0. The molecule has 2 unspecified atom stereocenters. The molecule has 4 nitrogen and oxygen atoms in total. The highest BCUT2D eigenvalue weighted by molar-refractivity contribution is 7.88. The molecule has 2 atom stereocenters. The lowest BCUT2D eigenvalue weighted by Crippen LogP contribution is -2.42. The second-order valence-electron chi connectivity index (χ2n) is 6.79. The molecule has 1 N–H and O–H groups in total. The Morgan fingerprint density at radius 3 is 2.53 bits per heavy atom. The van der Waals surface area contributed by atoms with E-state index in [1.54, 1.807) is 4.31 Å². The van der Waals surface area contributed by atoms with Gasteiger partial charge in [0.15, 0.2) is 0 Å². The highest BCUT2D eigenvalue weighted by Gasteiger charge is 2.43. The van der Waals surface area contributed by atoms with Gasteiger partial charge in [0.1, 0.15) is 0 Å². The van der Waals surface area contributed by atoms with Crippen LogP contribution in [0.4, 0.5) is 0 Å². The van der Waals surface area contributed by atoms with Crippen molar-refractivity contribution in [1.82, 2.24) is 9.62 Å². The molecule has 0 aromatic carbocycles. The van der Waals surface area contributed by atoms with Gasteiger partial charge in [-0.25, -0.2) is 12.7 Å². The van der Waals surface area contributed by atoms with E-state index in [1.165, 1.54) is 25.5 Å². The first kappa shape index (κ1) is 15.3. The van der Waals surface area contributed by atoms with Crippen LogP contribution in [0.1, 0.15) is 39.0 Å². The Bertz CT molecular complexity index is 406. The molecule has 0 aromatic rings. The number of nitrogens with one attached hydrogen (secondary N) is 1. The predicted molar refractivity (Wildman–Crippen MR) is 78.5 cm³/mol. The van der Waals surface area contributed by atoms with Crippen LogP contribution in [0.3, 0.4) is 0 Å². The quantitative estimate of drug-likeness (QED) is 0.809. The number of piperidine rings is 1. The van der Waals surface area contributed by atoms with E-state index in [0.717, 1.165) is 31.8 Å². The van der Waals surface area contributed by atoms with Crippen LogP contribution in [0.5, 0.6) is 0 Å². The fourth-order valence-electron chi connectivity index (χ4n) is 3.72. The van der Waals surface area contributed by atoms with Crippen molar-refractivity contribution in [3.63, 3.8) is 0 Å². The Hall–Kier alpha value is -0.130. The van der Waals surface area contributed by atoms with Gasteiger partial charge < -0.3 is 5.32 Å². The molecular formula is C14H28N2O2S. The molecule has 0 spiro atoms. The molecule has 1 aliphatic carbocycles. The summed E-state index contributed by atoms with van der Waals surface area (Å²) in [7, 11) is -0.995. The van der Waals surface area contributed by atoms with Crippen molar-refractivity contribution in [1.29, 1.82) is 0 Å². The maximum Gasteiger partial charge on any atom is 0.211 e. The molecular weight excluding hydrogens is 260 g/mol. The number of nitrogens with zero attached hydrogens (tertiary/aromatic N) is 1. The van der Waals surface area contributed by atoms with Gasteiger partial charge in [-0.1, -0.05) is 6.92 Å². The van der Waals surface area contributed by atoms with E-state index >= 15 is 0 Å². The topological polar surface area (TPSA) is 49.4 Å². The average Bonchev–Trinajstić information content (AvgIpc) is 3.12. The van der Waals surface area contributed by atoms with Crippen LogP contribution in [0.2, 0.25) is 0 Å². The molecule has 19 heavy (non-hydrogen) atoms. The van der Waals surface area contributed by atoms with E-state index in [2.05, 4.69) is 12.2 Å². The summed E-state index contributed by atoms with van der Waals surface area (Å²) in [6.45, 7) is 4.86. The van der Waals surface area contributed by atoms with Crippen LogP contribution in [0.25, 0.3) is 0 Å². The molecule has 0 aromatic heterocycles. The Morgan fingerprint density at radius 2 is 2.00 bits per heavy atom. The van der Waals surface area contributed by atoms with E-state index in [9.17, 15) is 8.42 Å². The van der Waals surface area contributed by atoms with E-state index < -0.39 is 10.0 Å². The average molecular weight is 288 g/mol. The SMILES string of the molecule is CNCC(C)(CC1CCCN(S(C)(=O)=O)C1)C1CC1. The number of sulfonamides is 1. The lowest BCUT2D eigenvalue weighted by atomic mass is 9.75. The molecule has 1 aliphatic heterocycles. The summed E-state index contributed by atoms with van der Waals surface area (Å²) in [6.07, 6.45) is 7.38. The van der Waals surface area contributed by atoms with Crippen molar-refractivity contribution >= 4 is 10.0 Å². The lowest BCUT2D eigenvalue weighted by Gasteiger charge is -2.38. The summed E-state index contributed by atoms with van der Waals surface area (Å²) in [5, 5.41) is 3.33. The third-order valence-electron chi connectivity index (χ3n) is 4.85. The zero-order valence-corrected chi connectivity index (χ0v) is 13.3. The minimum absolute atomic E-state index is 0.347. The third kappa shape index (κ3) is 3.92. The Balaban J connectivity index is 1.97. The monoisotopic (exact) mass is 288 g/mol. The van der Waals surface area contributed by atoms with Gasteiger partial charge in [0, 0.05) is 19.6 Å². The summed E-state index contributed by atoms with van der Waals surface area (Å²) in [5.41, 5.74) is 0.347. The van der Waals surface area contributed by atoms with Crippen LogP contribution in [-0.2, 0) is 10.0 Å². The van der Waals surface area contributed by atoms with E-state index in [1.807, 2.05) is 7.05 Å². The molecule has 5 heteroatoms. The highest BCUT2D eigenvalue weighted by atomic mass is 32.2. The third-order valence-corrected chi connectivity index (χ3v) is 6.12. The summed E-state index contributed by atoms with van der Waals surface area (Å²) >= 11 is 0. The molecule has 2 fully saturated rings. The standard InChI is InChI=1S/C14H28N2O2S/c1-14(11-15-2,13-6-7-13)9-12-5-4-8-16(10-12)19(3,17)18/h12-13,15H,4-11H2,1-3H3. The summed E-state index contributed by atoms with van der Waals surface area (Å²) < 4.78 is 25.0. The molecule has 112 valence electrons. The zero-order chi connectivity index (χ0) is 14.1. The lowest BCUT2D eigenvalue weighted by molar-refractivity contribution is 0.154. The number of hydrogen-bond donors (Lipinski definition) is 1. The van der Waals surface area contributed by atoms with Crippen molar-refractivity contribution < 1.29 is 8.42 Å². The Kier molecular flexibility index (Phi) is 4.58. The second kappa shape index (κ2) is 5.70. The molecule has 0 bridgehead atoms. The second-order valence-corrected chi connectivity index (χ2v) is 8.77. The summed E-state index contributed by atoms with van der Waals surface area (Å²) in [5.74, 6) is 1.37. The van der Waals surface area contributed by atoms with Crippen molar-refractivity contribution in [2.24, 2.45) is 17.3 Å². The molecule has 1 saturated heterocycles. The van der Waals surface area contributed by atoms with Crippen molar-refractivity contribution in [2.45, 2.75) is 39.0 Å². The minimum atomic E-state index is -3.01. The van der Waals surface area contributed by atoms with Crippen LogP contribution >= 0.6 is 0 Å². The van der Waals surface area contributed by atoms with E-state index in [-0.39, 0.29) is 0 Å². The maximum absolute atomic E-state index is 11.7. The van der Waals surface area contributed by atoms with Crippen molar-refractivity contribution in [3.8, 4) is 0 Å². The van der Waals surface area contributed by atoms with E-state index in [4.69, 9.17) is 0 Å². The first-order chi connectivity index (χ1) is 8.85. The van der Waals surface area contributed by atoms with Crippen LogP contribution < -0.4 is 5.32 Å². The van der Waals surface area contributed by atoms with Gasteiger partial charge >= 0.3 is 0 Å². The van der Waals surface area contributed by atoms with Crippen LogP contribution in [-0.4, -0.2) is 45.7 Å². The molecule has 2 aliphatic rings. The minimum Gasteiger partial charge on any atom is -0.319 e. The van der Waals surface area contributed by atoms with Gasteiger partial charge in [-0.15, -0.1) is 0 Å². The molecule has 1 heterocycles.